The van der Waals surface area contributed by atoms with Crippen molar-refractivity contribution in [2.24, 2.45) is 0 Å². The summed E-state index contributed by atoms with van der Waals surface area (Å²) in [6, 6.07) is 6.55. The second kappa shape index (κ2) is 7.19. The Bertz CT molecular complexity index is 478. The Kier molecular flexibility index (Phi) is 5.54. The van der Waals surface area contributed by atoms with Gasteiger partial charge in [0.25, 0.3) is 0 Å². The van der Waals surface area contributed by atoms with Crippen molar-refractivity contribution < 1.29 is 9.53 Å². The molecule has 0 spiro atoms. The van der Waals surface area contributed by atoms with E-state index >= 15 is 0 Å². The first kappa shape index (κ1) is 16.2. The molecule has 3 heteroatoms. The van der Waals surface area contributed by atoms with Crippen LogP contribution in [0.25, 0.3) is 0 Å². The Morgan fingerprint density at radius 2 is 1.95 bits per heavy atom. The molecule has 1 aromatic carbocycles. The second-order valence-corrected chi connectivity index (χ2v) is 6.25. The third-order valence-electron chi connectivity index (χ3n) is 4.22. The monoisotopic (exact) mass is 289 g/mol. The minimum absolute atomic E-state index is 0.246. The largest absolute Gasteiger partial charge is 0.376 e. The summed E-state index contributed by atoms with van der Waals surface area (Å²) in [4.78, 5) is 14.8. The van der Waals surface area contributed by atoms with Crippen LogP contribution in [0.2, 0.25) is 0 Å². The first-order chi connectivity index (χ1) is 9.99. The zero-order chi connectivity index (χ0) is 15.4. The van der Waals surface area contributed by atoms with E-state index in [1.54, 1.807) is 0 Å². The summed E-state index contributed by atoms with van der Waals surface area (Å²) in [6.45, 7) is 10.9. The van der Waals surface area contributed by atoms with E-state index in [4.69, 9.17) is 4.74 Å². The van der Waals surface area contributed by atoms with Gasteiger partial charge in [-0.05, 0) is 39.3 Å². The molecule has 2 unspecified atom stereocenters. The van der Waals surface area contributed by atoms with E-state index in [0.717, 1.165) is 42.8 Å². The topological polar surface area (TPSA) is 29.5 Å². The number of morpholine rings is 1. The molecule has 3 nitrogen and oxygen atoms in total. The molecule has 0 aromatic heterocycles. The van der Waals surface area contributed by atoms with E-state index in [1.807, 2.05) is 26.0 Å². The highest BCUT2D eigenvalue weighted by Crippen LogP contribution is 2.16. The average molecular weight is 289 g/mol. The Morgan fingerprint density at radius 1 is 1.29 bits per heavy atom. The summed E-state index contributed by atoms with van der Waals surface area (Å²) in [5, 5.41) is 0. The minimum Gasteiger partial charge on any atom is -0.376 e. The summed E-state index contributed by atoms with van der Waals surface area (Å²) in [5.41, 5.74) is 3.16. The summed E-state index contributed by atoms with van der Waals surface area (Å²) < 4.78 is 5.71. The first-order valence-electron chi connectivity index (χ1n) is 7.96. The van der Waals surface area contributed by atoms with Crippen LogP contribution < -0.4 is 0 Å². The van der Waals surface area contributed by atoms with Crippen LogP contribution >= 0.6 is 0 Å². The number of hydrogen-bond donors (Lipinski definition) is 0. The fourth-order valence-electron chi connectivity index (χ4n) is 3.09. The molecule has 2 rings (SSSR count). The normalized spacial score (nSPS) is 23.2. The Morgan fingerprint density at radius 3 is 2.57 bits per heavy atom. The molecule has 0 aliphatic carbocycles. The molecule has 1 saturated heterocycles. The van der Waals surface area contributed by atoms with E-state index in [-0.39, 0.29) is 11.9 Å². The zero-order valence-corrected chi connectivity index (χ0v) is 13.7. The number of Topliss-reactive ketones (excluding diaryl/α,β-unsaturated/α-hetero) is 1. The van der Waals surface area contributed by atoms with Gasteiger partial charge in [-0.1, -0.05) is 24.1 Å². The minimum atomic E-state index is 0.246. The first-order valence-corrected chi connectivity index (χ1v) is 7.96. The summed E-state index contributed by atoms with van der Waals surface area (Å²) in [5.74, 6) is 0.246. The molecule has 0 amide bonds. The number of aryl methyl sites for hydroxylation is 2. The highest BCUT2D eigenvalue weighted by Gasteiger charge is 2.25. The van der Waals surface area contributed by atoms with Gasteiger partial charge >= 0.3 is 0 Å². The molecule has 1 fully saturated rings. The zero-order valence-electron chi connectivity index (χ0n) is 13.7. The van der Waals surface area contributed by atoms with Crippen molar-refractivity contribution in [1.82, 2.24) is 4.90 Å². The van der Waals surface area contributed by atoms with Gasteiger partial charge in [-0.15, -0.1) is 0 Å². The molecule has 1 aliphatic heterocycles. The number of hydrogen-bond acceptors (Lipinski definition) is 3. The van der Waals surface area contributed by atoms with Gasteiger partial charge in [0.2, 0.25) is 0 Å². The van der Waals surface area contributed by atoms with E-state index in [0.29, 0.717) is 12.5 Å². The maximum absolute atomic E-state index is 12.4. The van der Waals surface area contributed by atoms with Crippen LogP contribution in [0.3, 0.4) is 0 Å². The molecule has 1 aliphatic rings. The van der Waals surface area contributed by atoms with Crippen molar-refractivity contribution in [3.63, 3.8) is 0 Å². The van der Waals surface area contributed by atoms with Gasteiger partial charge in [-0.25, -0.2) is 0 Å². The van der Waals surface area contributed by atoms with Crippen molar-refractivity contribution in [2.75, 3.05) is 19.7 Å². The fraction of sp³-hybridized carbons (Fsp3) is 0.611. The number of rotatable bonds is 5. The smallest absolute Gasteiger partial charge is 0.164 e. The van der Waals surface area contributed by atoms with Crippen molar-refractivity contribution in [3.8, 4) is 0 Å². The average Bonchev–Trinajstić information content (AvgIpc) is 2.43. The van der Waals surface area contributed by atoms with E-state index < -0.39 is 0 Å². The lowest BCUT2D eigenvalue weighted by atomic mass is 10.0. The molecule has 2 atom stereocenters. The molecule has 116 valence electrons. The van der Waals surface area contributed by atoms with Crippen LogP contribution in [0.4, 0.5) is 0 Å². The number of benzene rings is 1. The van der Waals surface area contributed by atoms with Crippen LogP contribution in [0, 0.1) is 13.8 Å². The van der Waals surface area contributed by atoms with Crippen molar-refractivity contribution in [3.05, 3.63) is 34.9 Å². The molecule has 21 heavy (non-hydrogen) atoms. The van der Waals surface area contributed by atoms with Crippen molar-refractivity contribution in [1.29, 1.82) is 0 Å². The lowest BCUT2D eigenvalue weighted by Gasteiger charge is -2.38. The lowest BCUT2D eigenvalue weighted by molar-refractivity contribution is -0.0553. The van der Waals surface area contributed by atoms with Gasteiger partial charge in [-0.2, -0.15) is 0 Å². The second-order valence-electron chi connectivity index (χ2n) is 6.25. The molecule has 1 aromatic rings. The van der Waals surface area contributed by atoms with E-state index in [1.165, 1.54) is 0 Å². The third kappa shape index (κ3) is 4.39. The molecular weight excluding hydrogens is 262 g/mol. The highest BCUT2D eigenvalue weighted by atomic mass is 16.5. The van der Waals surface area contributed by atoms with Gasteiger partial charge in [0.1, 0.15) is 0 Å². The standard InChI is InChI=1S/C18H27NO2/c1-5-17-12-21-15(4)11-19(17)7-6-18(20)16-9-13(2)8-14(3)10-16/h8-10,15,17H,5-7,11-12H2,1-4H3. The Balaban J connectivity index is 1.96. The van der Waals surface area contributed by atoms with E-state index in [2.05, 4.69) is 24.8 Å². The maximum atomic E-state index is 12.4. The summed E-state index contributed by atoms with van der Waals surface area (Å²) in [6.07, 6.45) is 1.93. The summed E-state index contributed by atoms with van der Waals surface area (Å²) in [7, 11) is 0. The predicted molar refractivity (Wildman–Crippen MR) is 85.9 cm³/mol. The fourth-order valence-corrected chi connectivity index (χ4v) is 3.09. The van der Waals surface area contributed by atoms with Crippen LogP contribution in [-0.4, -0.2) is 42.5 Å². The van der Waals surface area contributed by atoms with Crippen LogP contribution in [-0.2, 0) is 4.74 Å². The van der Waals surface area contributed by atoms with Gasteiger partial charge < -0.3 is 4.74 Å². The molecule has 0 radical (unpaired) electrons. The van der Waals surface area contributed by atoms with Crippen LogP contribution in [0.15, 0.2) is 18.2 Å². The number of ketones is 1. The number of carbonyl (C=O) groups is 1. The Hall–Kier alpha value is -1.19. The van der Waals surface area contributed by atoms with Crippen LogP contribution in [0.1, 0.15) is 48.2 Å². The van der Waals surface area contributed by atoms with Gasteiger partial charge in [0, 0.05) is 31.1 Å². The van der Waals surface area contributed by atoms with Gasteiger partial charge in [-0.3, -0.25) is 9.69 Å². The predicted octanol–water partition coefficient (Wildman–Crippen LogP) is 3.38. The SMILES string of the molecule is CCC1COC(C)CN1CCC(=O)c1cc(C)cc(C)c1. The molecule has 0 saturated carbocycles. The third-order valence-corrected chi connectivity index (χ3v) is 4.22. The van der Waals surface area contributed by atoms with Crippen molar-refractivity contribution in [2.45, 2.75) is 52.7 Å². The highest BCUT2D eigenvalue weighted by molar-refractivity contribution is 5.96. The van der Waals surface area contributed by atoms with E-state index in [9.17, 15) is 4.79 Å². The number of nitrogens with zero attached hydrogens (tertiary/aromatic N) is 1. The molecule has 0 N–H and O–H groups in total. The molecule has 0 bridgehead atoms. The number of ether oxygens (including phenoxy) is 1. The Labute approximate surface area is 128 Å². The summed E-state index contributed by atoms with van der Waals surface area (Å²) >= 11 is 0. The van der Waals surface area contributed by atoms with Crippen LogP contribution in [0.5, 0.6) is 0 Å². The quantitative estimate of drug-likeness (QED) is 0.778. The molecular formula is C18H27NO2. The lowest BCUT2D eigenvalue weighted by Crippen LogP contribution is -2.49. The van der Waals surface area contributed by atoms with Gasteiger partial charge in [0.05, 0.1) is 12.7 Å². The molecule has 1 heterocycles. The van der Waals surface area contributed by atoms with Gasteiger partial charge in [0.15, 0.2) is 5.78 Å². The van der Waals surface area contributed by atoms with Crippen molar-refractivity contribution >= 4 is 5.78 Å². The number of carbonyl (C=O) groups excluding carboxylic acids is 1. The maximum Gasteiger partial charge on any atom is 0.164 e.